The standard InChI is InChI=1S/C16H11F4N5O4/c17-9-3-1-2-8(6-9)4-5-10-11(29-16(18,19)20)7-12(25-24-10)28-14(23-22)13(21)15(26)27/h1-3,6-7,23H,21-22H2,(H,26,27)/b14-13+. The van der Waals surface area contributed by atoms with Crippen LogP contribution in [0.2, 0.25) is 0 Å². The largest absolute Gasteiger partial charge is 0.573 e. The van der Waals surface area contributed by atoms with Crippen molar-refractivity contribution in [3.8, 4) is 23.5 Å². The highest BCUT2D eigenvalue weighted by Crippen LogP contribution is 2.27. The number of hydrazine groups is 1. The first-order valence-electron chi connectivity index (χ1n) is 7.37. The topological polar surface area (TPSA) is 146 Å². The van der Waals surface area contributed by atoms with E-state index in [1.165, 1.54) is 12.1 Å². The molecule has 152 valence electrons. The van der Waals surface area contributed by atoms with Gasteiger partial charge in [-0.3, -0.25) is 5.43 Å². The molecule has 0 unspecified atom stereocenters. The van der Waals surface area contributed by atoms with Crippen molar-refractivity contribution in [1.82, 2.24) is 15.6 Å². The number of aromatic nitrogens is 2. The van der Waals surface area contributed by atoms with Crippen molar-refractivity contribution in [1.29, 1.82) is 0 Å². The molecule has 0 aliphatic rings. The van der Waals surface area contributed by atoms with E-state index in [-0.39, 0.29) is 5.56 Å². The van der Waals surface area contributed by atoms with E-state index in [0.717, 1.165) is 12.1 Å². The van der Waals surface area contributed by atoms with Crippen molar-refractivity contribution in [2.75, 3.05) is 0 Å². The summed E-state index contributed by atoms with van der Waals surface area (Å²) in [5.74, 6) is 5.30. The van der Waals surface area contributed by atoms with Crippen LogP contribution in [-0.4, -0.2) is 27.6 Å². The van der Waals surface area contributed by atoms with Gasteiger partial charge in [-0.1, -0.05) is 12.0 Å². The van der Waals surface area contributed by atoms with Crippen LogP contribution in [0.4, 0.5) is 17.6 Å². The monoisotopic (exact) mass is 413 g/mol. The minimum atomic E-state index is -5.11. The summed E-state index contributed by atoms with van der Waals surface area (Å²) >= 11 is 0. The van der Waals surface area contributed by atoms with E-state index in [9.17, 15) is 22.4 Å². The average Bonchev–Trinajstić information content (AvgIpc) is 2.63. The Bertz CT molecular complexity index is 1010. The maximum absolute atomic E-state index is 13.2. The fourth-order valence-corrected chi connectivity index (χ4v) is 1.76. The Labute approximate surface area is 159 Å². The highest BCUT2D eigenvalue weighted by atomic mass is 19.4. The van der Waals surface area contributed by atoms with Crippen molar-refractivity contribution in [3.05, 3.63) is 59.0 Å². The molecule has 0 fully saturated rings. The lowest BCUT2D eigenvalue weighted by Crippen LogP contribution is -2.31. The van der Waals surface area contributed by atoms with Crippen LogP contribution in [0.25, 0.3) is 0 Å². The number of carboxylic acid groups (broad SMARTS) is 1. The number of carbonyl (C=O) groups is 1. The Kier molecular flexibility index (Phi) is 6.42. The second-order valence-electron chi connectivity index (χ2n) is 5.00. The number of carboxylic acids is 1. The zero-order chi connectivity index (χ0) is 21.6. The molecule has 0 spiro atoms. The van der Waals surface area contributed by atoms with E-state index in [2.05, 4.69) is 26.8 Å². The van der Waals surface area contributed by atoms with Crippen molar-refractivity contribution in [2.45, 2.75) is 6.36 Å². The van der Waals surface area contributed by atoms with Crippen LogP contribution in [0, 0.1) is 17.7 Å². The number of benzene rings is 1. The molecule has 9 nitrogen and oxygen atoms in total. The molecular formula is C16H11F4N5O4. The Hall–Kier alpha value is -4.05. The third kappa shape index (κ3) is 6.26. The Balaban J connectivity index is 2.43. The summed E-state index contributed by atoms with van der Waals surface area (Å²) in [5.41, 5.74) is 5.78. The van der Waals surface area contributed by atoms with E-state index < -0.39 is 47.1 Å². The molecule has 1 aromatic heterocycles. The van der Waals surface area contributed by atoms with E-state index in [4.69, 9.17) is 21.4 Å². The zero-order valence-electron chi connectivity index (χ0n) is 14.1. The second-order valence-corrected chi connectivity index (χ2v) is 5.00. The van der Waals surface area contributed by atoms with Gasteiger partial charge in [0.25, 0.3) is 0 Å². The van der Waals surface area contributed by atoms with Crippen molar-refractivity contribution in [3.63, 3.8) is 0 Å². The molecule has 0 saturated heterocycles. The number of hydrogen-bond donors (Lipinski definition) is 4. The van der Waals surface area contributed by atoms with Gasteiger partial charge in [-0.2, -0.15) is 0 Å². The molecule has 6 N–H and O–H groups in total. The number of ether oxygens (including phenoxy) is 2. The fraction of sp³-hybridized carbons (Fsp3) is 0.0625. The Morgan fingerprint density at radius 3 is 2.52 bits per heavy atom. The second kappa shape index (κ2) is 8.76. The third-order valence-electron chi connectivity index (χ3n) is 2.92. The van der Waals surface area contributed by atoms with Crippen molar-refractivity contribution in [2.24, 2.45) is 11.6 Å². The van der Waals surface area contributed by atoms with Crippen molar-refractivity contribution < 1.29 is 36.9 Å². The lowest BCUT2D eigenvalue weighted by molar-refractivity contribution is -0.274. The molecule has 0 bridgehead atoms. The summed E-state index contributed by atoms with van der Waals surface area (Å²) in [6.45, 7) is 0. The predicted octanol–water partition coefficient (Wildman–Crippen LogP) is 0.969. The lowest BCUT2D eigenvalue weighted by atomic mass is 10.2. The maximum atomic E-state index is 13.2. The van der Waals surface area contributed by atoms with Crippen LogP contribution in [0.15, 0.2) is 41.9 Å². The summed E-state index contributed by atoms with van der Waals surface area (Å²) in [6.07, 6.45) is -5.11. The molecule has 0 amide bonds. The van der Waals surface area contributed by atoms with Crippen molar-refractivity contribution >= 4 is 5.97 Å². The van der Waals surface area contributed by atoms with Gasteiger partial charge in [-0.15, -0.1) is 23.4 Å². The van der Waals surface area contributed by atoms with Crippen LogP contribution >= 0.6 is 0 Å². The predicted molar refractivity (Wildman–Crippen MR) is 87.9 cm³/mol. The molecule has 1 aromatic carbocycles. The highest BCUT2D eigenvalue weighted by Gasteiger charge is 2.33. The van der Waals surface area contributed by atoms with Crippen LogP contribution in [0.1, 0.15) is 11.3 Å². The molecule has 13 heteroatoms. The normalized spacial score (nSPS) is 11.6. The van der Waals surface area contributed by atoms with Crippen LogP contribution in [0.5, 0.6) is 11.6 Å². The van der Waals surface area contributed by atoms with Gasteiger partial charge in [0.2, 0.25) is 11.8 Å². The zero-order valence-corrected chi connectivity index (χ0v) is 14.1. The number of nitrogens with one attached hydrogen (secondary N) is 1. The Morgan fingerprint density at radius 2 is 1.93 bits per heavy atom. The first kappa shape index (κ1) is 21.3. The number of rotatable bonds is 5. The smallest absolute Gasteiger partial charge is 0.476 e. The first-order chi connectivity index (χ1) is 13.6. The highest BCUT2D eigenvalue weighted by molar-refractivity contribution is 5.85. The molecule has 0 saturated carbocycles. The third-order valence-corrected chi connectivity index (χ3v) is 2.92. The average molecular weight is 413 g/mol. The molecule has 29 heavy (non-hydrogen) atoms. The molecule has 0 radical (unpaired) electrons. The van der Waals surface area contributed by atoms with Gasteiger partial charge in [-0.25, -0.2) is 15.0 Å². The van der Waals surface area contributed by atoms with Gasteiger partial charge in [0.15, 0.2) is 17.1 Å². The summed E-state index contributed by atoms with van der Waals surface area (Å²) in [7, 11) is 0. The number of halogens is 4. The van der Waals surface area contributed by atoms with Crippen LogP contribution in [-0.2, 0) is 4.79 Å². The minimum absolute atomic E-state index is 0.164. The number of nitrogens with two attached hydrogens (primary N) is 2. The van der Waals surface area contributed by atoms with Gasteiger partial charge in [0, 0.05) is 11.6 Å². The van der Waals surface area contributed by atoms with Gasteiger partial charge >= 0.3 is 12.3 Å². The molecular weight excluding hydrogens is 402 g/mol. The minimum Gasteiger partial charge on any atom is -0.476 e. The lowest BCUT2D eigenvalue weighted by Gasteiger charge is -2.12. The first-order valence-corrected chi connectivity index (χ1v) is 7.37. The van der Waals surface area contributed by atoms with Gasteiger partial charge < -0.3 is 20.3 Å². The number of nitrogens with zero attached hydrogens (tertiary/aromatic N) is 2. The van der Waals surface area contributed by atoms with Crippen LogP contribution in [0.3, 0.4) is 0 Å². The Morgan fingerprint density at radius 1 is 1.21 bits per heavy atom. The van der Waals surface area contributed by atoms with E-state index in [1.54, 1.807) is 0 Å². The molecule has 0 aliphatic carbocycles. The molecule has 0 atom stereocenters. The molecule has 0 aliphatic heterocycles. The molecule has 2 rings (SSSR count). The van der Waals surface area contributed by atoms with E-state index >= 15 is 0 Å². The summed E-state index contributed by atoms with van der Waals surface area (Å²) in [4.78, 5) is 10.8. The fourth-order valence-electron chi connectivity index (χ4n) is 1.76. The van der Waals surface area contributed by atoms with Gasteiger partial charge in [0.1, 0.15) is 5.82 Å². The number of aliphatic carboxylic acids is 1. The summed E-state index contributed by atoms with van der Waals surface area (Å²) < 4.78 is 59.9. The molecule has 1 heterocycles. The van der Waals surface area contributed by atoms with Crippen LogP contribution < -0.4 is 26.5 Å². The SMILES string of the molecule is NN/C(Oc1cc(OC(F)(F)F)c(C#Cc2cccc(F)c2)nn1)=C(\N)C(=O)O. The number of hydrogen-bond acceptors (Lipinski definition) is 8. The summed E-state index contributed by atoms with van der Waals surface area (Å²) in [5, 5.41) is 15.7. The quantitative estimate of drug-likeness (QED) is 0.141. The van der Waals surface area contributed by atoms with E-state index in [1.807, 2.05) is 5.43 Å². The van der Waals surface area contributed by atoms with Gasteiger partial charge in [0.05, 0.1) is 0 Å². The number of alkyl halides is 3. The van der Waals surface area contributed by atoms with Gasteiger partial charge in [-0.05, 0) is 24.1 Å². The van der Waals surface area contributed by atoms with E-state index in [0.29, 0.717) is 6.07 Å². The summed E-state index contributed by atoms with van der Waals surface area (Å²) in [6, 6.07) is 5.64. The maximum Gasteiger partial charge on any atom is 0.573 e. The molecule has 2 aromatic rings.